The molecular weight excluding hydrogens is 382 g/mol. The second kappa shape index (κ2) is 7.98. The lowest BCUT2D eigenvalue weighted by atomic mass is 10.2. The average molecular weight is 400 g/mol. The normalized spacial score (nSPS) is 11.8. The molecule has 3 rings (SSSR count). The Morgan fingerprint density at radius 1 is 1.16 bits per heavy atom. The lowest BCUT2D eigenvalue weighted by Crippen LogP contribution is -2.36. The highest BCUT2D eigenvalue weighted by Crippen LogP contribution is 2.25. The van der Waals surface area contributed by atoms with Crippen LogP contribution < -0.4 is 10.1 Å². The number of ether oxygens (including phenoxy) is 1. The molecule has 0 aliphatic carbocycles. The van der Waals surface area contributed by atoms with Crippen LogP contribution >= 0.6 is 15.9 Å². The van der Waals surface area contributed by atoms with Crippen LogP contribution in [0, 0.1) is 0 Å². The Morgan fingerprint density at radius 2 is 1.80 bits per heavy atom. The van der Waals surface area contributed by atoms with Crippen molar-refractivity contribution >= 4 is 21.8 Å². The van der Waals surface area contributed by atoms with Gasteiger partial charge in [-0.2, -0.15) is 0 Å². The molecule has 1 heterocycles. The second-order valence-electron chi connectivity index (χ2n) is 5.53. The van der Waals surface area contributed by atoms with Crippen LogP contribution in [0.25, 0.3) is 5.69 Å². The molecule has 2 aromatic carbocycles. The molecule has 0 saturated carbocycles. The topological polar surface area (TPSA) is 56.2 Å². The summed E-state index contributed by atoms with van der Waals surface area (Å²) in [7, 11) is 0. The Hall–Kier alpha value is -2.60. The molecule has 5 nitrogen and oxygen atoms in total. The van der Waals surface area contributed by atoms with Crippen LogP contribution in [0.5, 0.6) is 5.88 Å². The average Bonchev–Trinajstić information content (AvgIpc) is 3.02. The summed E-state index contributed by atoms with van der Waals surface area (Å²) in [6, 6.07) is 19.4. The van der Waals surface area contributed by atoms with E-state index in [0.717, 1.165) is 11.3 Å². The van der Waals surface area contributed by atoms with Crippen molar-refractivity contribution in [1.82, 2.24) is 15.1 Å². The van der Waals surface area contributed by atoms with Gasteiger partial charge in [-0.05, 0) is 40.5 Å². The number of nitrogens with zero attached hydrogens (tertiary/aromatic N) is 2. The number of amides is 1. The minimum atomic E-state index is -0.654. The summed E-state index contributed by atoms with van der Waals surface area (Å²) in [6.45, 7) is 2.17. The highest BCUT2D eigenvalue weighted by Gasteiger charge is 2.18. The first-order chi connectivity index (χ1) is 12.1. The van der Waals surface area contributed by atoms with E-state index in [4.69, 9.17) is 4.74 Å². The molecular formula is C19H18BrN3O2. The molecule has 0 bridgehead atoms. The third-order valence-electron chi connectivity index (χ3n) is 3.63. The number of carbonyl (C=O) groups is 1. The summed E-state index contributed by atoms with van der Waals surface area (Å²) in [4.78, 5) is 12.2. The number of nitrogens with one attached hydrogen (secondary N) is 1. The van der Waals surface area contributed by atoms with Crippen molar-refractivity contribution in [2.24, 2.45) is 0 Å². The van der Waals surface area contributed by atoms with Crippen molar-refractivity contribution in [1.29, 1.82) is 0 Å². The molecule has 3 aromatic rings. The lowest BCUT2D eigenvalue weighted by molar-refractivity contribution is -0.127. The van der Waals surface area contributed by atoms with Gasteiger partial charge in [-0.1, -0.05) is 48.5 Å². The number of carbonyl (C=O) groups excluding carboxylic acids is 1. The maximum absolute atomic E-state index is 12.2. The zero-order chi connectivity index (χ0) is 17.6. The van der Waals surface area contributed by atoms with Crippen molar-refractivity contribution in [3.05, 3.63) is 76.9 Å². The van der Waals surface area contributed by atoms with Gasteiger partial charge in [0.1, 0.15) is 0 Å². The van der Waals surface area contributed by atoms with E-state index < -0.39 is 6.10 Å². The van der Waals surface area contributed by atoms with Crippen LogP contribution in [0.2, 0.25) is 0 Å². The van der Waals surface area contributed by atoms with E-state index in [1.54, 1.807) is 17.8 Å². The number of rotatable bonds is 6. The summed E-state index contributed by atoms with van der Waals surface area (Å²) in [5.74, 6) is 0.191. The Bertz CT molecular complexity index is 834. The largest absolute Gasteiger partial charge is 0.463 e. The van der Waals surface area contributed by atoms with Gasteiger partial charge in [0.05, 0.1) is 10.2 Å². The third-order valence-corrected chi connectivity index (χ3v) is 4.17. The first kappa shape index (κ1) is 17.2. The minimum absolute atomic E-state index is 0.190. The Balaban J connectivity index is 1.61. The van der Waals surface area contributed by atoms with E-state index >= 15 is 0 Å². The molecule has 128 valence electrons. The SMILES string of the molecule is C[C@H](Oc1nn(-c2ccccc2)cc1Br)C(=O)NCc1ccccc1. The van der Waals surface area contributed by atoms with E-state index in [9.17, 15) is 4.79 Å². The van der Waals surface area contributed by atoms with E-state index in [-0.39, 0.29) is 5.91 Å². The van der Waals surface area contributed by atoms with Gasteiger partial charge < -0.3 is 10.1 Å². The Morgan fingerprint density at radius 3 is 2.48 bits per heavy atom. The molecule has 0 spiro atoms. The fourth-order valence-corrected chi connectivity index (χ4v) is 2.65. The maximum Gasteiger partial charge on any atom is 0.261 e. The number of hydrogen-bond acceptors (Lipinski definition) is 3. The molecule has 0 radical (unpaired) electrons. The highest BCUT2D eigenvalue weighted by molar-refractivity contribution is 9.10. The standard InChI is InChI=1S/C19H18BrN3O2/c1-14(18(24)21-12-15-8-4-2-5-9-15)25-19-17(20)13-23(22-19)16-10-6-3-7-11-16/h2-11,13-14H,12H2,1H3,(H,21,24)/t14-/m0/s1. The smallest absolute Gasteiger partial charge is 0.261 e. The number of benzene rings is 2. The van der Waals surface area contributed by atoms with E-state index in [1.165, 1.54) is 0 Å². The zero-order valence-electron chi connectivity index (χ0n) is 13.7. The molecule has 1 atom stereocenters. The summed E-state index contributed by atoms with van der Waals surface area (Å²) in [6.07, 6.45) is 1.15. The summed E-state index contributed by atoms with van der Waals surface area (Å²) >= 11 is 3.43. The van der Waals surface area contributed by atoms with Crippen molar-refractivity contribution in [2.75, 3.05) is 0 Å². The number of halogens is 1. The van der Waals surface area contributed by atoms with Crippen molar-refractivity contribution in [3.63, 3.8) is 0 Å². The van der Waals surface area contributed by atoms with Gasteiger partial charge in [-0.25, -0.2) is 4.68 Å². The monoisotopic (exact) mass is 399 g/mol. The summed E-state index contributed by atoms with van der Waals surface area (Å²) in [5, 5.41) is 7.25. The number of aromatic nitrogens is 2. The summed E-state index contributed by atoms with van der Waals surface area (Å²) < 4.78 is 8.10. The van der Waals surface area contributed by atoms with Crippen LogP contribution in [-0.2, 0) is 11.3 Å². The molecule has 1 N–H and O–H groups in total. The fraction of sp³-hybridized carbons (Fsp3) is 0.158. The van der Waals surface area contributed by atoms with Crippen LogP contribution in [0.3, 0.4) is 0 Å². The predicted octanol–water partition coefficient (Wildman–Crippen LogP) is 3.72. The second-order valence-corrected chi connectivity index (χ2v) is 6.38. The molecule has 6 heteroatoms. The molecule has 0 aliphatic rings. The van der Waals surface area contributed by atoms with Crippen LogP contribution in [0.1, 0.15) is 12.5 Å². The predicted molar refractivity (Wildman–Crippen MR) is 99.6 cm³/mol. The van der Waals surface area contributed by atoms with Crippen LogP contribution in [-0.4, -0.2) is 21.8 Å². The molecule has 1 aromatic heterocycles. The molecule has 0 unspecified atom stereocenters. The van der Waals surface area contributed by atoms with E-state index in [2.05, 4.69) is 26.3 Å². The Labute approximate surface area is 154 Å². The first-order valence-electron chi connectivity index (χ1n) is 7.92. The molecule has 0 saturated heterocycles. The van der Waals surface area contributed by atoms with Crippen molar-refractivity contribution in [2.45, 2.75) is 19.6 Å². The Kier molecular flexibility index (Phi) is 5.50. The maximum atomic E-state index is 12.2. The number of para-hydroxylation sites is 1. The van der Waals surface area contributed by atoms with Gasteiger partial charge in [-0.3, -0.25) is 4.79 Å². The quantitative estimate of drug-likeness (QED) is 0.686. The fourth-order valence-electron chi connectivity index (χ4n) is 2.28. The molecule has 1 amide bonds. The molecule has 0 aliphatic heterocycles. The minimum Gasteiger partial charge on any atom is -0.463 e. The van der Waals surface area contributed by atoms with Gasteiger partial charge >= 0.3 is 0 Å². The van der Waals surface area contributed by atoms with Crippen LogP contribution in [0.15, 0.2) is 71.3 Å². The van der Waals surface area contributed by atoms with Gasteiger partial charge in [0, 0.05) is 12.7 Å². The van der Waals surface area contributed by atoms with Gasteiger partial charge in [-0.15, -0.1) is 5.10 Å². The van der Waals surface area contributed by atoms with Crippen molar-refractivity contribution < 1.29 is 9.53 Å². The van der Waals surface area contributed by atoms with Gasteiger partial charge in [0.15, 0.2) is 6.10 Å². The van der Waals surface area contributed by atoms with Crippen molar-refractivity contribution in [3.8, 4) is 11.6 Å². The lowest BCUT2D eigenvalue weighted by Gasteiger charge is -2.13. The summed E-state index contributed by atoms with van der Waals surface area (Å²) in [5.41, 5.74) is 1.96. The van der Waals surface area contributed by atoms with E-state index in [0.29, 0.717) is 16.9 Å². The van der Waals surface area contributed by atoms with Gasteiger partial charge in [0.2, 0.25) is 5.88 Å². The molecule has 0 fully saturated rings. The first-order valence-corrected chi connectivity index (χ1v) is 8.71. The zero-order valence-corrected chi connectivity index (χ0v) is 15.3. The highest BCUT2D eigenvalue weighted by atomic mass is 79.9. The van der Waals surface area contributed by atoms with Crippen LogP contribution in [0.4, 0.5) is 0 Å². The molecule has 25 heavy (non-hydrogen) atoms. The number of hydrogen-bond donors (Lipinski definition) is 1. The third kappa shape index (κ3) is 4.48. The van der Waals surface area contributed by atoms with E-state index in [1.807, 2.05) is 60.7 Å². The van der Waals surface area contributed by atoms with Gasteiger partial charge in [0.25, 0.3) is 5.91 Å².